The van der Waals surface area contributed by atoms with Crippen LogP contribution in [0, 0.1) is 6.92 Å². The van der Waals surface area contributed by atoms with Crippen molar-refractivity contribution in [2.45, 2.75) is 24.3 Å². The second-order valence-corrected chi connectivity index (χ2v) is 7.98. The second kappa shape index (κ2) is 9.05. The first-order chi connectivity index (χ1) is 14.6. The second-order valence-electron chi connectivity index (χ2n) is 6.89. The van der Waals surface area contributed by atoms with Crippen molar-refractivity contribution in [1.29, 1.82) is 0 Å². The van der Waals surface area contributed by atoms with Crippen LogP contribution in [0.5, 0.6) is 5.75 Å². The van der Waals surface area contributed by atoms with Crippen LogP contribution in [0.2, 0.25) is 0 Å². The largest absolute Gasteiger partial charge is 0.492 e. The van der Waals surface area contributed by atoms with Crippen LogP contribution in [-0.4, -0.2) is 22.5 Å². The highest BCUT2D eigenvalue weighted by Crippen LogP contribution is 2.36. The van der Waals surface area contributed by atoms with Crippen LogP contribution >= 0.6 is 11.8 Å². The smallest absolute Gasteiger partial charge is 0.242 e. The van der Waals surface area contributed by atoms with Gasteiger partial charge in [0.05, 0.1) is 23.3 Å². The van der Waals surface area contributed by atoms with Gasteiger partial charge in [-0.15, -0.1) is 0 Å². The molecule has 0 radical (unpaired) electrons. The lowest BCUT2D eigenvalue weighted by atomic mass is 10.1. The van der Waals surface area contributed by atoms with Crippen LogP contribution in [-0.2, 0) is 4.79 Å². The molecule has 1 heterocycles. The zero-order valence-corrected chi connectivity index (χ0v) is 17.7. The van der Waals surface area contributed by atoms with Gasteiger partial charge in [-0.25, -0.2) is 4.98 Å². The number of ether oxygens (including phenoxy) is 1. The number of carbonyl (C=O) groups is 1. The van der Waals surface area contributed by atoms with E-state index in [-0.39, 0.29) is 5.91 Å². The van der Waals surface area contributed by atoms with Crippen LogP contribution in [0.1, 0.15) is 23.3 Å². The molecule has 5 nitrogen and oxygen atoms in total. The molecule has 6 heteroatoms. The molecular formula is C24H23N3O2S. The molecule has 0 fully saturated rings. The molecule has 2 N–H and O–H groups in total. The third-order valence-corrected chi connectivity index (χ3v) is 5.77. The summed E-state index contributed by atoms with van der Waals surface area (Å²) in [4.78, 5) is 21.3. The van der Waals surface area contributed by atoms with E-state index in [0.717, 1.165) is 22.2 Å². The van der Waals surface area contributed by atoms with Crippen molar-refractivity contribution in [2.75, 3.05) is 11.9 Å². The number of rotatable bonds is 7. The minimum absolute atomic E-state index is 0.130. The predicted molar refractivity (Wildman–Crippen MR) is 122 cm³/mol. The van der Waals surface area contributed by atoms with Gasteiger partial charge in [0.25, 0.3) is 0 Å². The van der Waals surface area contributed by atoms with E-state index in [1.807, 2.05) is 80.6 Å². The highest BCUT2D eigenvalue weighted by atomic mass is 32.2. The molecule has 0 aliphatic heterocycles. The SMILES string of the molecule is CCOc1ccccc1NC(=O)[C@@H](Sc1nc2ccc(C)cc2[nH]1)c1ccccc1. The highest BCUT2D eigenvalue weighted by Gasteiger charge is 2.24. The fourth-order valence-corrected chi connectivity index (χ4v) is 4.22. The lowest BCUT2D eigenvalue weighted by Crippen LogP contribution is -2.19. The summed E-state index contributed by atoms with van der Waals surface area (Å²) >= 11 is 1.40. The summed E-state index contributed by atoms with van der Waals surface area (Å²) in [6, 6.07) is 23.3. The summed E-state index contributed by atoms with van der Waals surface area (Å²) in [5.41, 5.74) is 4.58. The van der Waals surface area contributed by atoms with Crippen molar-refractivity contribution in [1.82, 2.24) is 9.97 Å². The van der Waals surface area contributed by atoms with E-state index in [1.165, 1.54) is 11.8 Å². The van der Waals surface area contributed by atoms with Gasteiger partial charge < -0.3 is 15.0 Å². The number of aromatic nitrogens is 2. The Morgan fingerprint density at radius 2 is 1.87 bits per heavy atom. The third kappa shape index (κ3) is 4.49. The van der Waals surface area contributed by atoms with Crippen LogP contribution in [0.4, 0.5) is 5.69 Å². The Morgan fingerprint density at radius 1 is 1.10 bits per heavy atom. The summed E-state index contributed by atoms with van der Waals surface area (Å²) < 4.78 is 5.65. The number of carbonyl (C=O) groups excluding carboxylic acids is 1. The van der Waals surface area contributed by atoms with Crippen LogP contribution in [0.15, 0.2) is 78.0 Å². The van der Waals surface area contributed by atoms with E-state index in [0.29, 0.717) is 23.2 Å². The number of aryl methyl sites for hydroxylation is 1. The number of aromatic amines is 1. The Labute approximate surface area is 179 Å². The van der Waals surface area contributed by atoms with Gasteiger partial charge in [0.1, 0.15) is 11.0 Å². The van der Waals surface area contributed by atoms with Crippen LogP contribution in [0.25, 0.3) is 11.0 Å². The molecule has 1 atom stereocenters. The number of nitrogens with zero attached hydrogens (tertiary/aromatic N) is 1. The van der Waals surface area contributed by atoms with E-state index in [4.69, 9.17) is 4.74 Å². The number of imidazole rings is 1. The molecule has 30 heavy (non-hydrogen) atoms. The Morgan fingerprint density at radius 3 is 2.67 bits per heavy atom. The topological polar surface area (TPSA) is 67.0 Å². The van der Waals surface area contributed by atoms with Crippen molar-refractivity contribution in [2.24, 2.45) is 0 Å². The molecule has 1 amide bonds. The van der Waals surface area contributed by atoms with E-state index in [2.05, 4.69) is 21.4 Å². The number of amides is 1. The quantitative estimate of drug-likeness (QED) is 0.376. The number of para-hydroxylation sites is 2. The normalized spacial score (nSPS) is 11.9. The molecule has 0 saturated carbocycles. The number of nitrogens with one attached hydrogen (secondary N) is 2. The minimum atomic E-state index is -0.470. The molecule has 0 spiro atoms. The maximum atomic E-state index is 13.3. The van der Waals surface area contributed by atoms with Crippen LogP contribution < -0.4 is 10.1 Å². The number of benzene rings is 3. The zero-order valence-electron chi connectivity index (χ0n) is 16.9. The maximum Gasteiger partial charge on any atom is 0.242 e. The summed E-state index contributed by atoms with van der Waals surface area (Å²) in [7, 11) is 0. The first-order valence-electron chi connectivity index (χ1n) is 9.84. The van der Waals surface area contributed by atoms with Gasteiger partial charge in [-0.2, -0.15) is 0 Å². The van der Waals surface area contributed by atoms with Gasteiger partial charge in [-0.3, -0.25) is 4.79 Å². The minimum Gasteiger partial charge on any atom is -0.492 e. The molecule has 4 rings (SSSR count). The number of H-pyrrole nitrogens is 1. The Hall–Kier alpha value is -3.25. The summed E-state index contributed by atoms with van der Waals surface area (Å²) in [5.74, 6) is 0.527. The lowest BCUT2D eigenvalue weighted by molar-refractivity contribution is -0.115. The summed E-state index contributed by atoms with van der Waals surface area (Å²) in [6.07, 6.45) is 0. The van der Waals surface area contributed by atoms with E-state index in [9.17, 15) is 4.79 Å². The molecule has 0 saturated heterocycles. The molecule has 4 aromatic rings. The Kier molecular flexibility index (Phi) is 6.05. The van der Waals surface area contributed by atoms with Crippen molar-refractivity contribution >= 4 is 34.4 Å². The summed E-state index contributed by atoms with van der Waals surface area (Å²) in [6.45, 7) is 4.50. The molecular weight excluding hydrogens is 394 g/mol. The molecule has 3 aromatic carbocycles. The zero-order chi connectivity index (χ0) is 20.9. The molecule has 152 valence electrons. The lowest BCUT2D eigenvalue weighted by Gasteiger charge is -2.17. The van der Waals surface area contributed by atoms with Gasteiger partial charge in [-0.05, 0) is 49.2 Å². The van der Waals surface area contributed by atoms with E-state index >= 15 is 0 Å². The average Bonchev–Trinajstić information content (AvgIpc) is 3.16. The molecule has 1 aromatic heterocycles. The fourth-order valence-electron chi connectivity index (χ4n) is 3.22. The Bertz CT molecular complexity index is 1160. The van der Waals surface area contributed by atoms with Crippen molar-refractivity contribution in [3.8, 4) is 5.75 Å². The number of fused-ring (bicyclic) bond motifs is 1. The van der Waals surface area contributed by atoms with Gasteiger partial charge in [0.15, 0.2) is 5.16 Å². The number of hydrogen-bond acceptors (Lipinski definition) is 4. The number of thioether (sulfide) groups is 1. The first kappa shape index (κ1) is 20.0. The molecule has 0 aliphatic carbocycles. The van der Waals surface area contributed by atoms with E-state index in [1.54, 1.807) is 0 Å². The maximum absolute atomic E-state index is 13.3. The molecule has 0 bridgehead atoms. The van der Waals surface area contributed by atoms with Gasteiger partial charge in [0, 0.05) is 0 Å². The van der Waals surface area contributed by atoms with E-state index < -0.39 is 5.25 Å². The summed E-state index contributed by atoms with van der Waals surface area (Å²) in [5, 5.41) is 3.27. The van der Waals surface area contributed by atoms with Crippen molar-refractivity contribution in [3.63, 3.8) is 0 Å². The monoisotopic (exact) mass is 417 g/mol. The highest BCUT2D eigenvalue weighted by molar-refractivity contribution is 8.00. The molecule has 0 aliphatic rings. The predicted octanol–water partition coefficient (Wildman–Crippen LogP) is 5.74. The van der Waals surface area contributed by atoms with Gasteiger partial charge in [0.2, 0.25) is 5.91 Å². The first-order valence-corrected chi connectivity index (χ1v) is 10.7. The standard InChI is InChI=1S/C24H23N3O2S/c1-3-29-21-12-8-7-11-19(21)25-23(28)22(17-9-5-4-6-10-17)30-24-26-18-14-13-16(2)15-20(18)27-24/h4-15,22H,3H2,1-2H3,(H,25,28)(H,26,27)/t22-/m0/s1. The van der Waals surface area contributed by atoms with Crippen LogP contribution in [0.3, 0.4) is 0 Å². The number of hydrogen-bond donors (Lipinski definition) is 2. The van der Waals surface area contributed by atoms with Crippen molar-refractivity contribution < 1.29 is 9.53 Å². The van der Waals surface area contributed by atoms with Gasteiger partial charge >= 0.3 is 0 Å². The third-order valence-electron chi connectivity index (χ3n) is 4.63. The van der Waals surface area contributed by atoms with Crippen molar-refractivity contribution in [3.05, 3.63) is 83.9 Å². The molecule has 0 unspecified atom stereocenters. The average molecular weight is 418 g/mol. The fraction of sp³-hybridized carbons (Fsp3) is 0.167. The Balaban J connectivity index is 1.63. The number of anilines is 1. The van der Waals surface area contributed by atoms with Gasteiger partial charge in [-0.1, -0.05) is 60.3 Å².